The summed E-state index contributed by atoms with van der Waals surface area (Å²) in [6.45, 7) is 2.09. The van der Waals surface area contributed by atoms with Gasteiger partial charge in [0.05, 0.1) is 20.3 Å². The number of ether oxygens (including phenoxy) is 4. The lowest BCUT2D eigenvalue weighted by Crippen LogP contribution is -2.44. The Morgan fingerprint density at radius 3 is 2.30 bits per heavy atom. The molecule has 0 saturated heterocycles. The van der Waals surface area contributed by atoms with E-state index >= 15 is 0 Å². The van der Waals surface area contributed by atoms with E-state index in [2.05, 4.69) is 0 Å². The standard InChI is InChI=1S/C23H27NO6/c1-16(25)29-15-20-11-19-13-22(28-3)21(27-2)12-18(19)9-10-24(20)23(26)30-14-17-7-5-4-6-8-17/h4-8,12-13,20H,9-11,14-15H2,1-3H3/t20-/m0/s1. The van der Waals surface area contributed by atoms with E-state index in [0.717, 1.165) is 16.7 Å². The summed E-state index contributed by atoms with van der Waals surface area (Å²) in [5.74, 6) is 0.889. The predicted molar refractivity (Wildman–Crippen MR) is 111 cm³/mol. The first-order valence-electron chi connectivity index (χ1n) is 9.86. The van der Waals surface area contributed by atoms with Crippen LogP contribution in [-0.4, -0.2) is 50.4 Å². The summed E-state index contributed by atoms with van der Waals surface area (Å²) in [6, 6.07) is 13.0. The van der Waals surface area contributed by atoms with Gasteiger partial charge in [-0.2, -0.15) is 0 Å². The Kier molecular flexibility index (Phi) is 7.17. The molecule has 1 aliphatic heterocycles. The Labute approximate surface area is 176 Å². The van der Waals surface area contributed by atoms with Gasteiger partial charge in [0, 0.05) is 13.5 Å². The zero-order chi connectivity index (χ0) is 21.5. The molecule has 0 fully saturated rings. The molecule has 0 aromatic heterocycles. The van der Waals surface area contributed by atoms with Crippen molar-refractivity contribution >= 4 is 12.1 Å². The number of esters is 1. The fourth-order valence-corrected chi connectivity index (χ4v) is 3.58. The lowest BCUT2D eigenvalue weighted by atomic mass is 9.99. The number of fused-ring (bicyclic) bond motifs is 1. The molecule has 2 aromatic rings. The second kappa shape index (κ2) is 10.0. The first-order chi connectivity index (χ1) is 14.5. The van der Waals surface area contributed by atoms with Crippen LogP contribution in [0.1, 0.15) is 23.6 Å². The lowest BCUT2D eigenvalue weighted by Gasteiger charge is -2.29. The van der Waals surface area contributed by atoms with Crippen LogP contribution in [-0.2, 0) is 33.7 Å². The van der Waals surface area contributed by atoms with Crippen LogP contribution in [0.5, 0.6) is 11.5 Å². The highest BCUT2D eigenvalue weighted by Crippen LogP contribution is 2.33. The van der Waals surface area contributed by atoms with Crippen molar-refractivity contribution < 1.29 is 28.5 Å². The summed E-state index contributed by atoms with van der Waals surface area (Å²) in [4.78, 5) is 25.9. The van der Waals surface area contributed by atoms with Crippen molar-refractivity contribution in [3.63, 3.8) is 0 Å². The van der Waals surface area contributed by atoms with E-state index in [1.165, 1.54) is 6.92 Å². The van der Waals surface area contributed by atoms with E-state index in [-0.39, 0.29) is 25.2 Å². The number of carbonyl (C=O) groups excluding carboxylic acids is 2. The maximum absolute atomic E-state index is 12.9. The van der Waals surface area contributed by atoms with Gasteiger partial charge in [0.2, 0.25) is 0 Å². The number of amides is 1. The van der Waals surface area contributed by atoms with Crippen molar-refractivity contribution in [3.8, 4) is 11.5 Å². The highest BCUT2D eigenvalue weighted by Gasteiger charge is 2.30. The number of methoxy groups -OCH3 is 2. The number of hydrogen-bond acceptors (Lipinski definition) is 6. The molecule has 1 amide bonds. The number of hydrogen-bond donors (Lipinski definition) is 0. The Morgan fingerprint density at radius 2 is 1.67 bits per heavy atom. The van der Waals surface area contributed by atoms with Gasteiger partial charge in [-0.25, -0.2) is 4.79 Å². The second-order valence-corrected chi connectivity index (χ2v) is 7.12. The summed E-state index contributed by atoms with van der Waals surface area (Å²) < 4.78 is 21.6. The molecule has 7 heteroatoms. The zero-order valence-corrected chi connectivity index (χ0v) is 17.6. The van der Waals surface area contributed by atoms with Gasteiger partial charge in [0.15, 0.2) is 11.5 Å². The Bertz CT molecular complexity index is 883. The second-order valence-electron chi connectivity index (χ2n) is 7.12. The SMILES string of the molecule is COc1cc2c(cc1OC)C[C@@H](COC(C)=O)N(C(=O)OCc1ccccc1)CC2. The minimum atomic E-state index is -0.428. The topological polar surface area (TPSA) is 74.3 Å². The molecule has 7 nitrogen and oxygen atoms in total. The fraction of sp³-hybridized carbons (Fsp3) is 0.391. The average molecular weight is 413 g/mol. The predicted octanol–water partition coefficient (Wildman–Crippen LogP) is 3.37. The van der Waals surface area contributed by atoms with Gasteiger partial charge < -0.3 is 23.8 Å². The molecule has 0 unspecified atom stereocenters. The summed E-state index contributed by atoms with van der Waals surface area (Å²) >= 11 is 0. The summed E-state index contributed by atoms with van der Waals surface area (Å²) in [7, 11) is 3.18. The quantitative estimate of drug-likeness (QED) is 0.676. The molecule has 1 aliphatic rings. The van der Waals surface area contributed by atoms with Gasteiger partial charge in [-0.3, -0.25) is 4.79 Å². The fourth-order valence-electron chi connectivity index (χ4n) is 3.58. The monoisotopic (exact) mass is 413 g/mol. The molecule has 2 aromatic carbocycles. The largest absolute Gasteiger partial charge is 0.493 e. The van der Waals surface area contributed by atoms with Crippen molar-refractivity contribution in [3.05, 3.63) is 59.2 Å². The van der Waals surface area contributed by atoms with Crippen molar-refractivity contribution in [2.75, 3.05) is 27.4 Å². The van der Waals surface area contributed by atoms with Gasteiger partial charge in [0.25, 0.3) is 0 Å². The highest BCUT2D eigenvalue weighted by atomic mass is 16.6. The third-order valence-electron chi connectivity index (χ3n) is 5.14. The van der Waals surface area contributed by atoms with E-state index in [0.29, 0.717) is 30.9 Å². The van der Waals surface area contributed by atoms with E-state index in [9.17, 15) is 9.59 Å². The number of benzene rings is 2. The van der Waals surface area contributed by atoms with Crippen molar-refractivity contribution in [1.82, 2.24) is 4.90 Å². The molecule has 0 aliphatic carbocycles. The van der Waals surface area contributed by atoms with Crippen LogP contribution >= 0.6 is 0 Å². The third-order valence-corrected chi connectivity index (χ3v) is 5.14. The average Bonchev–Trinajstić information content (AvgIpc) is 2.94. The van der Waals surface area contributed by atoms with E-state index in [4.69, 9.17) is 18.9 Å². The van der Waals surface area contributed by atoms with Crippen LogP contribution in [0, 0.1) is 0 Å². The molecule has 30 heavy (non-hydrogen) atoms. The molecule has 0 N–H and O–H groups in total. The molecule has 1 heterocycles. The first-order valence-corrected chi connectivity index (χ1v) is 9.86. The first kappa shape index (κ1) is 21.5. The molecule has 3 rings (SSSR count). The maximum Gasteiger partial charge on any atom is 0.410 e. The maximum atomic E-state index is 12.9. The molecular formula is C23H27NO6. The van der Waals surface area contributed by atoms with Crippen LogP contribution in [0.4, 0.5) is 4.79 Å². The van der Waals surface area contributed by atoms with Gasteiger partial charge in [-0.1, -0.05) is 30.3 Å². The van der Waals surface area contributed by atoms with Gasteiger partial charge in [-0.05, 0) is 41.7 Å². The van der Waals surface area contributed by atoms with Gasteiger partial charge >= 0.3 is 12.1 Å². The van der Waals surface area contributed by atoms with Crippen molar-refractivity contribution in [1.29, 1.82) is 0 Å². The molecule has 1 atom stereocenters. The van der Waals surface area contributed by atoms with Crippen LogP contribution in [0.15, 0.2) is 42.5 Å². The van der Waals surface area contributed by atoms with Crippen molar-refractivity contribution in [2.45, 2.75) is 32.4 Å². The minimum absolute atomic E-state index is 0.101. The van der Waals surface area contributed by atoms with E-state index < -0.39 is 6.09 Å². The summed E-state index contributed by atoms with van der Waals surface area (Å²) in [5.41, 5.74) is 3.01. The van der Waals surface area contributed by atoms with Crippen LogP contribution in [0.25, 0.3) is 0 Å². The third kappa shape index (κ3) is 5.23. The van der Waals surface area contributed by atoms with E-state index in [1.54, 1.807) is 19.1 Å². The van der Waals surface area contributed by atoms with Gasteiger partial charge in [0.1, 0.15) is 13.2 Å². The molecule has 0 saturated carbocycles. The molecule has 0 spiro atoms. The summed E-state index contributed by atoms with van der Waals surface area (Å²) in [5, 5.41) is 0. The normalized spacial score (nSPS) is 15.6. The van der Waals surface area contributed by atoms with E-state index in [1.807, 2.05) is 42.5 Å². The van der Waals surface area contributed by atoms with Crippen LogP contribution in [0.3, 0.4) is 0 Å². The Balaban J connectivity index is 1.80. The molecule has 0 bridgehead atoms. The summed E-state index contributed by atoms with van der Waals surface area (Å²) in [6.07, 6.45) is 0.721. The van der Waals surface area contributed by atoms with Crippen LogP contribution in [0.2, 0.25) is 0 Å². The minimum Gasteiger partial charge on any atom is -0.493 e. The van der Waals surface area contributed by atoms with Crippen LogP contribution < -0.4 is 9.47 Å². The lowest BCUT2D eigenvalue weighted by molar-refractivity contribution is -0.142. The number of rotatable bonds is 6. The van der Waals surface area contributed by atoms with Gasteiger partial charge in [-0.15, -0.1) is 0 Å². The number of nitrogens with zero attached hydrogens (tertiary/aromatic N) is 1. The number of carbonyl (C=O) groups is 2. The molecule has 160 valence electrons. The smallest absolute Gasteiger partial charge is 0.410 e. The Morgan fingerprint density at radius 1 is 1.00 bits per heavy atom. The zero-order valence-electron chi connectivity index (χ0n) is 17.6. The highest BCUT2D eigenvalue weighted by molar-refractivity contribution is 5.69. The molecular weight excluding hydrogens is 386 g/mol. The molecule has 0 radical (unpaired) electrons. The Hall–Kier alpha value is -3.22. The van der Waals surface area contributed by atoms with Crippen molar-refractivity contribution in [2.24, 2.45) is 0 Å².